The van der Waals surface area contributed by atoms with Gasteiger partial charge in [-0.05, 0) is 59.6 Å². The minimum atomic E-state index is -4.61. The van der Waals surface area contributed by atoms with E-state index in [4.69, 9.17) is 5.73 Å². The van der Waals surface area contributed by atoms with Crippen molar-refractivity contribution in [1.29, 1.82) is 0 Å². The Balaban J connectivity index is 1.51. The monoisotopic (exact) mass is 607 g/mol. The van der Waals surface area contributed by atoms with Crippen molar-refractivity contribution in [3.8, 4) is 0 Å². The molecule has 0 aliphatic carbocycles. The molecule has 204 valence electrons. The fourth-order valence-electron chi connectivity index (χ4n) is 4.87. The van der Waals surface area contributed by atoms with E-state index in [0.717, 1.165) is 23.4 Å². The second kappa shape index (κ2) is 9.43. The molecule has 1 fully saturated rings. The molecule has 2 amide bonds. The van der Waals surface area contributed by atoms with Crippen LogP contribution in [0.25, 0.3) is 21.9 Å². The number of nitrogens with zero attached hydrogens (tertiary/aromatic N) is 5. The number of anilines is 2. The van der Waals surface area contributed by atoms with Crippen molar-refractivity contribution >= 4 is 61.3 Å². The zero-order valence-corrected chi connectivity index (χ0v) is 22.3. The fourth-order valence-corrected chi connectivity index (χ4v) is 5.18. The lowest BCUT2D eigenvalue weighted by Gasteiger charge is -2.24. The molecule has 9 nitrogen and oxygen atoms in total. The maximum absolute atomic E-state index is 15.2. The zero-order valence-electron chi connectivity index (χ0n) is 20.7. The summed E-state index contributed by atoms with van der Waals surface area (Å²) in [5, 5.41) is 2.95. The first-order chi connectivity index (χ1) is 18.2. The molecule has 14 heteroatoms. The van der Waals surface area contributed by atoms with Crippen molar-refractivity contribution in [1.82, 2.24) is 24.4 Å². The summed E-state index contributed by atoms with van der Waals surface area (Å²) >= 11 is 3.24. The van der Waals surface area contributed by atoms with Crippen LogP contribution in [0.3, 0.4) is 0 Å². The third kappa shape index (κ3) is 5.00. The lowest BCUT2D eigenvalue weighted by Crippen LogP contribution is -2.44. The summed E-state index contributed by atoms with van der Waals surface area (Å²) in [6.07, 6.45) is -3.71. The van der Waals surface area contributed by atoms with Crippen molar-refractivity contribution in [2.75, 3.05) is 17.6 Å². The number of carbonyl (C=O) groups is 2. The van der Waals surface area contributed by atoms with Gasteiger partial charge in [-0.15, -0.1) is 0 Å². The van der Waals surface area contributed by atoms with E-state index in [1.165, 1.54) is 17.6 Å². The summed E-state index contributed by atoms with van der Waals surface area (Å²) in [4.78, 5) is 40.2. The van der Waals surface area contributed by atoms with Gasteiger partial charge in [-0.2, -0.15) is 13.2 Å². The molecule has 0 bridgehead atoms. The number of halogens is 5. The largest absolute Gasteiger partial charge is 0.416 e. The van der Waals surface area contributed by atoms with Crippen molar-refractivity contribution in [2.24, 2.45) is 0 Å². The average molecular weight is 608 g/mol. The molecule has 3 N–H and O–H groups in total. The maximum atomic E-state index is 15.2. The van der Waals surface area contributed by atoms with Crippen LogP contribution < -0.4 is 11.1 Å². The molecule has 3 aromatic heterocycles. The Kier molecular flexibility index (Phi) is 6.48. The Morgan fingerprint density at radius 3 is 2.69 bits per heavy atom. The number of pyridine rings is 1. The summed E-state index contributed by atoms with van der Waals surface area (Å²) in [7, 11) is 0. The molecule has 1 saturated heterocycles. The minimum Gasteiger partial charge on any atom is -0.383 e. The number of likely N-dealkylation sites (tertiary alicyclic amines) is 1. The first kappa shape index (κ1) is 26.8. The number of nitrogens with two attached hydrogens (primary N) is 1. The Morgan fingerprint density at radius 1 is 1.23 bits per heavy atom. The molecule has 1 aliphatic heterocycles. The minimum absolute atomic E-state index is 0.0535. The van der Waals surface area contributed by atoms with Gasteiger partial charge in [0.25, 0.3) is 0 Å². The normalized spacial score (nSPS) is 19.7. The van der Waals surface area contributed by atoms with Crippen molar-refractivity contribution in [3.05, 3.63) is 52.4 Å². The molecular formula is C25H22BrF4N7O2. The van der Waals surface area contributed by atoms with Crippen LogP contribution in [-0.2, 0) is 22.3 Å². The number of carbonyl (C=O) groups excluding carboxylic acids is 2. The quantitative estimate of drug-likeness (QED) is 0.258. The predicted octanol–water partition coefficient (Wildman–Crippen LogP) is 4.62. The molecule has 39 heavy (non-hydrogen) atoms. The maximum Gasteiger partial charge on any atom is 0.416 e. The van der Waals surface area contributed by atoms with Crippen LogP contribution >= 0.6 is 15.9 Å². The average Bonchev–Trinajstić information content (AvgIpc) is 3.35. The topological polar surface area (TPSA) is 119 Å². The lowest BCUT2D eigenvalue weighted by molar-refractivity contribution is -0.137. The van der Waals surface area contributed by atoms with Gasteiger partial charge in [0.2, 0.25) is 11.8 Å². The first-order valence-corrected chi connectivity index (χ1v) is 12.6. The van der Waals surface area contributed by atoms with Crippen LogP contribution in [0, 0.1) is 6.92 Å². The third-order valence-electron chi connectivity index (χ3n) is 6.71. The van der Waals surface area contributed by atoms with E-state index < -0.39 is 41.8 Å². The second-order valence-corrected chi connectivity index (χ2v) is 10.5. The Labute approximate surface area is 227 Å². The number of benzene rings is 1. The highest BCUT2D eigenvalue weighted by molar-refractivity contribution is 9.10. The van der Waals surface area contributed by atoms with Gasteiger partial charge in [-0.1, -0.05) is 6.07 Å². The van der Waals surface area contributed by atoms with E-state index in [-0.39, 0.29) is 46.5 Å². The van der Waals surface area contributed by atoms with Gasteiger partial charge in [0, 0.05) is 11.8 Å². The van der Waals surface area contributed by atoms with Gasteiger partial charge < -0.3 is 20.5 Å². The molecule has 4 heterocycles. The highest BCUT2D eigenvalue weighted by Gasteiger charge is 2.47. The molecule has 4 aromatic rings. The van der Waals surface area contributed by atoms with E-state index in [1.54, 1.807) is 19.1 Å². The highest BCUT2D eigenvalue weighted by atomic mass is 79.9. The fraction of sp³-hybridized carbons (Fsp3) is 0.320. The standard InChI is InChI=1S/C25H22BrF4N7O2/c1-12-3-6-17(26)34-21(12)35-23(39)16-8-24(2,27)10-37(16)18(38)9-36-15-5-4-13(25(28,29)30)7-14(15)19-20(31)32-11-33-22(19)36/h3-7,11,16H,8-10H2,1-2H3,(H2,31,32,33)(H,34,35,39)/t16-,24-/m1/s1. The molecule has 0 unspecified atom stereocenters. The van der Waals surface area contributed by atoms with Crippen LogP contribution in [0.15, 0.2) is 41.3 Å². The van der Waals surface area contributed by atoms with E-state index in [0.29, 0.717) is 10.2 Å². The molecule has 0 saturated carbocycles. The molecule has 2 atom stereocenters. The van der Waals surface area contributed by atoms with Crippen LogP contribution in [0.1, 0.15) is 24.5 Å². The van der Waals surface area contributed by atoms with Gasteiger partial charge in [0.1, 0.15) is 46.5 Å². The number of nitrogen functional groups attached to an aromatic ring is 1. The van der Waals surface area contributed by atoms with Crippen LogP contribution in [0.5, 0.6) is 0 Å². The summed E-state index contributed by atoms with van der Waals surface area (Å²) in [5.41, 5.74) is 4.32. The van der Waals surface area contributed by atoms with E-state index in [1.807, 2.05) is 0 Å². The number of amides is 2. The molecule has 0 radical (unpaired) electrons. The van der Waals surface area contributed by atoms with Gasteiger partial charge in [0.15, 0.2) is 0 Å². The lowest BCUT2D eigenvalue weighted by atomic mass is 10.0. The number of aromatic nitrogens is 4. The number of hydrogen-bond acceptors (Lipinski definition) is 6. The first-order valence-electron chi connectivity index (χ1n) is 11.8. The number of hydrogen-bond donors (Lipinski definition) is 2. The van der Waals surface area contributed by atoms with Crippen molar-refractivity contribution < 1.29 is 27.2 Å². The zero-order chi connectivity index (χ0) is 28.3. The smallest absolute Gasteiger partial charge is 0.383 e. The van der Waals surface area contributed by atoms with E-state index in [2.05, 4.69) is 36.2 Å². The number of rotatable bonds is 4. The van der Waals surface area contributed by atoms with Crippen LogP contribution in [0.4, 0.5) is 29.2 Å². The summed E-state index contributed by atoms with van der Waals surface area (Å²) in [6, 6.07) is 5.34. The molecular weight excluding hydrogens is 586 g/mol. The van der Waals surface area contributed by atoms with E-state index >= 15 is 4.39 Å². The SMILES string of the molecule is Cc1ccc(Br)nc1NC(=O)[C@H]1C[C@@](C)(F)CN1C(=O)Cn1c2ccc(C(F)(F)F)cc2c2c(N)ncnc21. The number of aryl methyl sites for hydroxylation is 1. The van der Waals surface area contributed by atoms with Gasteiger partial charge >= 0.3 is 6.18 Å². The summed E-state index contributed by atoms with van der Waals surface area (Å²) in [5.74, 6) is -1.01. The third-order valence-corrected chi connectivity index (χ3v) is 7.15. The summed E-state index contributed by atoms with van der Waals surface area (Å²) in [6.45, 7) is 2.28. The van der Waals surface area contributed by atoms with Gasteiger partial charge in [-0.3, -0.25) is 9.59 Å². The Bertz CT molecular complexity index is 1640. The van der Waals surface area contributed by atoms with Crippen molar-refractivity contribution in [2.45, 2.75) is 44.7 Å². The number of fused-ring (bicyclic) bond motifs is 3. The number of nitrogens with one attached hydrogen (secondary N) is 1. The van der Waals surface area contributed by atoms with E-state index in [9.17, 15) is 22.8 Å². The molecule has 5 rings (SSSR count). The van der Waals surface area contributed by atoms with Crippen LogP contribution in [-0.4, -0.2) is 54.5 Å². The Morgan fingerprint density at radius 2 is 1.97 bits per heavy atom. The summed E-state index contributed by atoms with van der Waals surface area (Å²) < 4.78 is 57.3. The molecule has 0 spiro atoms. The van der Waals surface area contributed by atoms with Crippen LogP contribution in [0.2, 0.25) is 0 Å². The second-order valence-electron chi connectivity index (χ2n) is 9.72. The molecule has 1 aromatic carbocycles. The number of alkyl halides is 4. The Hall–Kier alpha value is -3.81. The highest BCUT2D eigenvalue weighted by Crippen LogP contribution is 2.37. The van der Waals surface area contributed by atoms with Gasteiger partial charge in [-0.25, -0.2) is 19.3 Å². The molecule has 1 aliphatic rings. The van der Waals surface area contributed by atoms with Gasteiger partial charge in [0.05, 0.1) is 23.0 Å². The van der Waals surface area contributed by atoms with Crippen molar-refractivity contribution in [3.63, 3.8) is 0 Å². The predicted molar refractivity (Wildman–Crippen MR) is 139 cm³/mol.